The predicted molar refractivity (Wildman–Crippen MR) is 156 cm³/mol. The number of alkyl halides is 3. The van der Waals surface area contributed by atoms with Crippen molar-refractivity contribution in [2.45, 2.75) is 71.0 Å². The third kappa shape index (κ3) is 6.84. The van der Waals surface area contributed by atoms with Gasteiger partial charge in [-0.3, -0.25) is 9.78 Å². The lowest BCUT2D eigenvalue weighted by molar-refractivity contribution is -0.138. The summed E-state index contributed by atoms with van der Waals surface area (Å²) in [4.78, 5) is 34.4. The second-order valence-electron chi connectivity index (χ2n) is 9.98. The molecule has 43 heavy (non-hydrogen) atoms. The third-order valence-corrected chi connectivity index (χ3v) is 8.37. The maximum absolute atomic E-state index is 14.6. The first-order chi connectivity index (χ1) is 20.6. The summed E-state index contributed by atoms with van der Waals surface area (Å²) >= 11 is 1.10. The highest BCUT2D eigenvalue weighted by atomic mass is 32.1. The van der Waals surface area contributed by atoms with Gasteiger partial charge in [0.1, 0.15) is 11.5 Å². The van der Waals surface area contributed by atoms with E-state index < -0.39 is 29.8 Å². The monoisotopic (exact) mass is 616 g/mol. The molecule has 4 aromatic rings. The van der Waals surface area contributed by atoms with Gasteiger partial charge >= 0.3 is 12.1 Å². The summed E-state index contributed by atoms with van der Waals surface area (Å²) in [6.07, 6.45) is -1.04. The smallest absolute Gasteiger partial charge is 0.418 e. The Morgan fingerprint density at radius 2 is 1.77 bits per heavy atom. The number of carbonyl (C=O) groups is 1. The number of nitrogens with zero attached hydrogens (tertiary/aromatic N) is 4. The van der Waals surface area contributed by atoms with Crippen LogP contribution in [-0.4, -0.2) is 32.8 Å². The molecular formula is C31H32F4N4O3S. The molecule has 228 valence electrons. The second-order valence-corrected chi connectivity index (χ2v) is 10.8. The van der Waals surface area contributed by atoms with Gasteiger partial charge < -0.3 is 4.74 Å². The van der Waals surface area contributed by atoms with Crippen LogP contribution in [0.2, 0.25) is 0 Å². The number of hydrogen-bond donors (Lipinski definition) is 0. The van der Waals surface area contributed by atoms with Crippen LogP contribution in [0.1, 0.15) is 89.8 Å². The molecule has 0 unspecified atom stereocenters. The molecule has 12 heteroatoms. The minimum atomic E-state index is -4.67. The molecule has 3 aromatic heterocycles. The summed E-state index contributed by atoms with van der Waals surface area (Å²) in [6, 6.07) is 8.67. The van der Waals surface area contributed by atoms with E-state index in [0.717, 1.165) is 27.6 Å². The van der Waals surface area contributed by atoms with Crippen molar-refractivity contribution in [2.75, 3.05) is 7.11 Å². The number of aryl methyl sites for hydroxylation is 1. The molecule has 1 aromatic carbocycles. The zero-order valence-corrected chi connectivity index (χ0v) is 25.1. The molecule has 1 aliphatic rings. The molecule has 0 aliphatic heterocycles. The molecule has 0 N–H and O–H groups in total. The van der Waals surface area contributed by atoms with Gasteiger partial charge in [-0.2, -0.15) is 18.3 Å². The Morgan fingerprint density at radius 3 is 2.42 bits per heavy atom. The molecule has 0 bridgehead atoms. The highest BCUT2D eigenvalue weighted by molar-refractivity contribution is 7.13. The molecule has 5 rings (SSSR count). The van der Waals surface area contributed by atoms with Gasteiger partial charge in [-0.15, -0.1) is 11.3 Å². The number of esters is 1. The molecule has 0 spiro atoms. The first-order valence-corrected chi connectivity index (χ1v) is 14.9. The van der Waals surface area contributed by atoms with Crippen molar-refractivity contribution in [3.05, 3.63) is 97.9 Å². The van der Waals surface area contributed by atoms with Crippen LogP contribution in [0.25, 0.3) is 10.6 Å². The first kappa shape index (κ1) is 32.0. The second kappa shape index (κ2) is 13.6. The first-order valence-electron chi connectivity index (χ1n) is 14.0. The Bertz CT molecular complexity index is 1620. The van der Waals surface area contributed by atoms with E-state index in [-0.39, 0.29) is 34.7 Å². The number of carbonyl (C=O) groups excluding carboxylic acids is 1. The fourth-order valence-electron chi connectivity index (χ4n) is 5.56. The number of pyridine rings is 1. The number of rotatable bonds is 6. The molecule has 3 heterocycles. The molecule has 0 amide bonds. The maximum atomic E-state index is 14.6. The van der Waals surface area contributed by atoms with Gasteiger partial charge in [0.2, 0.25) is 0 Å². The van der Waals surface area contributed by atoms with Crippen molar-refractivity contribution in [1.29, 1.82) is 0 Å². The van der Waals surface area contributed by atoms with Gasteiger partial charge in [-0.05, 0) is 79.8 Å². The van der Waals surface area contributed by atoms with E-state index >= 15 is 0 Å². The van der Waals surface area contributed by atoms with Crippen LogP contribution in [0.4, 0.5) is 17.6 Å². The Morgan fingerprint density at radius 1 is 1.07 bits per heavy atom. The largest absolute Gasteiger partial charge is 0.464 e. The molecule has 0 saturated heterocycles. The Labute approximate surface area is 250 Å². The number of benzene rings is 1. The van der Waals surface area contributed by atoms with Crippen LogP contribution in [0.5, 0.6) is 0 Å². The normalized spacial score (nSPS) is 16.7. The Kier molecular flexibility index (Phi) is 10.1. The lowest BCUT2D eigenvalue weighted by Crippen LogP contribution is -2.31. The topological polar surface area (TPSA) is 87.0 Å². The predicted octanol–water partition coefficient (Wildman–Crippen LogP) is 7.53. The summed E-state index contributed by atoms with van der Waals surface area (Å²) in [7, 11) is 1.21. The molecule has 1 aliphatic carbocycles. The van der Waals surface area contributed by atoms with E-state index in [9.17, 15) is 27.2 Å². The summed E-state index contributed by atoms with van der Waals surface area (Å²) in [5.74, 6) is -1.20. The SMILES string of the molecule is CC.COC(=O)c1ncsc1-c1cc(C2CCC(c3c(C)cccc3F)CC2)c(=O)n(Cc2ncccc2C(F)(F)F)n1. The summed E-state index contributed by atoms with van der Waals surface area (Å²) < 4.78 is 61.6. The lowest BCUT2D eigenvalue weighted by Gasteiger charge is -2.30. The fourth-order valence-corrected chi connectivity index (χ4v) is 6.29. The van der Waals surface area contributed by atoms with Gasteiger partial charge in [-0.1, -0.05) is 26.0 Å². The van der Waals surface area contributed by atoms with Crippen molar-refractivity contribution in [2.24, 2.45) is 0 Å². The van der Waals surface area contributed by atoms with Crippen LogP contribution >= 0.6 is 11.3 Å². The number of hydrogen-bond acceptors (Lipinski definition) is 7. The number of methoxy groups -OCH3 is 1. The van der Waals surface area contributed by atoms with E-state index in [0.29, 0.717) is 41.7 Å². The van der Waals surface area contributed by atoms with E-state index in [1.54, 1.807) is 12.1 Å². The van der Waals surface area contributed by atoms with Gasteiger partial charge in [-0.25, -0.2) is 18.9 Å². The van der Waals surface area contributed by atoms with Crippen LogP contribution in [0.3, 0.4) is 0 Å². The van der Waals surface area contributed by atoms with Crippen LogP contribution < -0.4 is 5.56 Å². The van der Waals surface area contributed by atoms with Crippen LogP contribution in [0, 0.1) is 12.7 Å². The fraction of sp³-hybridized carbons (Fsp3) is 0.387. The molecule has 7 nitrogen and oxygen atoms in total. The number of thiazole rings is 1. The van der Waals surface area contributed by atoms with Crippen molar-refractivity contribution in [1.82, 2.24) is 19.7 Å². The average molecular weight is 617 g/mol. The van der Waals surface area contributed by atoms with Gasteiger partial charge in [0.25, 0.3) is 5.56 Å². The average Bonchev–Trinajstić information content (AvgIpc) is 3.49. The molecule has 1 fully saturated rings. The van der Waals surface area contributed by atoms with E-state index in [1.165, 1.54) is 30.9 Å². The van der Waals surface area contributed by atoms with E-state index in [4.69, 9.17) is 4.74 Å². The zero-order chi connectivity index (χ0) is 31.3. The highest BCUT2D eigenvalue weighted by Crippen LogP contribution is 2.42. The van der Waals surface area contributed by atoms with Crippen molar-refractivity contribution < 1.29 is 27.1 Å². The van der Waals surface area contributed by atoms with E-state index in [2.05, 4.69) is 15.1 Å². The van der Waals surface area contributed by atoms with Crippen molar-refractivity contribution in [3.63, 3.8) is 0 Å². The van der Waals surface area contributed by atoms with Gasteiger partial charge in [0.05, 0.1) is 35.3 Å². The van der Waals surface area contributed by atoms with Gasteiger partial charge in [0.15, 0.2) is 5.69 Å². The molecule has 0 radical (unpaired) electrons. The van der Waals surface area contributed by atoms with Crippen LogP contribution in [0.15, 0.2) is 52.9 Å². The lowest BCUT2D eigenvalue weighted by atomic mass is 9.75. The van der Waals surface area contributed by atoms with Crippen molar-refractivity contribution in [3.8, 4) is 10.6 Å². The zero-order valence-electron chi connectivity index (χ0n) is 24.2. The number of aromatic nitrogens is 4. The quantitative estimate of drug-likeness (QED) is 0.164. The molecule has 1 saturated carbocycles. The highest BCUT2D eigenvalue weighted by Gasteiger charge is 2.35. The Hall–Kier alpha value is -3.93. The van der Waals surface area contributed by atoms with E-state index in [1.807, 2.05) is 26.8 Å². The van der Waals surface area contributed by atoms with Crippen LogP contribution in [-0.2, 0) is 17.5 Å². The summed E-state index contributed by atoms with van der Waals surface area (Å²) in [5.41, 5.74) is 1.71. The Balaban J connectivity index is 0.00000207. The number of ether oxygens (including phenoxy) is 1. The minimum Gasteiger partial charge on any atom is -0.464 e. The standard InChI is InChI=1S/C29H26F4N4O3S.C2H6/c1-16-5-3-7-21(30)24(16)18-10-8-17(9-11-18)19-13-22(26-25(28(39)40-2)35-15-41-26)36-37(27(19)38)14-23-20(29(31,32)33)6-4-12-34-23;1-2/h3-7,12-13,15,17-18H,8-11,14H2,1-2H3;1-2H3. The maximum Gasteiger partial charge on any atom is 0.418 e. The third-order valence-electron chi connectivity index (χ3n) is 7.52. The van der Waals surface area contributed by atoms with Crippen molar-refractivity contribution >= 4 is 17.3 Å². The summed E-state index contributed by atoms with van der Waals surface area (Å²) in [5, 5.41) is 4.36. The molecular weight excluding hydrogens is 584 g/mol. The number of halogens is 4. The summed E-state index contributed by atoms with van der Waals surface area (Å²) in [6.45, 7) is 5.35. The minimum absolute atomic E-state index is 0.00583. The molecule has 0 atom stereocenters. The van der Waals surface area contributed by atoms with Gasteiger partial charge in [0, 0.05) is 11.8 Å².